The Balaban J connectivity index is 2.13. The molecule has 0 saturated carbocycles. The molecule has 0 aliphatic heterocycles. The van der Waals surface area contributed by atoms with E-state index in [-0.39, 0.29) is 23.6 Å². The predicted molar refractivity (Wildman–Crippen MR) is 90.5 cm³/mol. The smallest absolute Gasteiger partial charge is 0.335 e. The summed E-state index contributed by atoms with van der Waals surface area (Å²) in [6.07, 6.45) is 0. The normalized spacial score (nSPS) is 11.1. The summed E-state index contributed by atoms with van der Waals surface area (Å²) in [4.78, 5) is 24.0. The van der Waals surface area contributed by atoms with Gasteiger partial charge in [-0.2, -0.15) is 0 Å². The number of imidazole rings is 1. The first-order valence-electron chi connectivity index (χ1n) is 7.71. The lowest BCUT2D eigenvalue weighted by atomic mass is 10.2. The lowest BCUT2D eigenvalue weighted by molar-refractivity contribution is 0.0697. The number of benzene rings is 2. The molecule has 0 aliphatic rings. The first-order chi connectivity index (χ1) is 12.0. The molecule has 1 aromatic heterocycles. The van der Waals surface area contributed by atoms with Crippen molar-refractivity contribution in [1.82, 2.24) is 9.13 Å². The van der Waals surface area contributed by atoms with Crippen LogP contribution in [0.25, 0.3) is 11.0 Å². The highest BCUT2D eigenvalue weighted by Gasteiger charge is 2.15. The molecule has 0 radical (unpaired) electrons. The van der Waals surface area contributed by atoms with E-state index in [4.69, 9.17) is 4.74 Å². The van der Waals surface area contributed by atoms with Crippen LogP contribution in [0.3, 0.4) is 0 Å². The van der Waals surface area contributed by atoms with Gasteiger partial charge in [-0.1, -0.05) is 12.1 Å². The Morgan fingerprint density at radius 2 is 1.84 bits per heavy atom. The standard InChI is InChI=1S/C18H17FN2O4/c1-25-9-8-20-16-10-13(17(22)23)4-7-15(16)21(18(20)24)11-12-2-5-14(19)6-3-12/h2-7,10H,8-9,11H2,1H3,(H,22,23). The zero-order chi connectivity index (χ0) is 18.0. The number of halogens is 1. The third-order valence-corrected chi connectivity index (χ3v) is 4.04. The molecular weight excluding hydrogens is 327 g/mol. The molecule has 0 aliphatic carbocycles. The second kappa shape index (κ2) is 6.90. The summed E-state index contributed by atoms with van der Waals surface area (Å²) in [5.74, 6) is -1.40. The number of nitrogens with zero attached hydrogens (tertiary/aromatic N) is 2. The summed E-state index contributed by atoms with van der Waals surface area (Å²) < 4.78 is 21.2. The van der Waals surface area contributed by atoms with E-state index in [0.717, 1.165) is 5.56 Å². The van der Waals surface area contributed by atoms with Crippen LogP contribution < -0.4 is 5.69 Å². The molecule has 0 saturated heterocycles. The van der Waals surface area contributed by atoms with Crippen LogP contribution in [-0.4, -0.2) is 33.9 Å². The minimum Gasteiger partial charge on any atom is -0.478 e. The third kappa shape index (κ3) is 3.32. The van der Waals surface area contributed by atoms with E-state index in [9.17, 15) is 19.1 Å². The Morgan fingerprint density at radius 3 is 2.48 bits per heavy atom. The third-order valence-electron chi connectivity index (χ3n) is 4.04. The number of hydrogen-bond donors (Lipinski definition) is 1. The van der Waals surface area contributed by atoms with Crippen LogP contribution in [0.1, 0.15) is 15.9 Å². The molecule has 0 amide bonds. The molecule has 3 aromatic rings. The number of rotatable bonds is 6. The summed E-state index contributed by atoms with van der Waals surface area (Å²) in [7, 11) is 1.53. The molecular formula is C18H17FN2O4. The molecule has 1 N–H and O–H groups in total. The highest BCUT2D eigenvalue weighted by Crippen LogP contribution is 2.17. The maximum Gasteiger partial charge on any atom is 0.335 e. The Hall–Kier alpha value is -2.93. The summed E-state index contributed by atoms with van der Waals surface area (Å²) >= 11 is 0. The van der Waals surface area contributed by atoms with Crippen molar-refractivity contribution in [3.05, 3.63) is 69.9 Å². The number of carboxylic acid groups (broad SMARTS) is 1. The Morgan fingerprint density at radius 1 is 1.12 bits per heavy atom. The molecule has 7 heteroatoms. The fraction of sp³-hybridized carbons (Fsp3) is 0.222. The van der Waals surface area contributed by atoms with Gasteiger partial charge < -0.3 is 9.84 Å². The molecule has 1 heterocycles. The monoisotopic (exact) mass is 344 g/mol. The first kappa shape index (κ1) is 16.9. The Bertz CT molecular complexity index is 973. The van der Waals surface area contributed by atoms with Crippen molar-refractivity contribution in [1.29, 1.82) is 0 Å². The summed E-state index contributed by atoms with van der Waals surface area (Å²) in [5.41, 5.74) is 1.77. The molecule has 6 nitrogen and oxygen atoms in total. The Kier molecular flexibility index (Phi) is 4.67. The van der Waals surface area contributed by atoms with Gasteiger partial charge in [-0.25, -0.2) is 14.0 Å². The number of fused-ring (bicyclic) bond motifs is 1. The summed E-state index contributed by atoms with van der Waals surface area (Å²) in [5, 5.41) is 9.19. The Labute approximate surface area is 142 Å². The van der Waals surface area contributed by atoms with Crippen molar-refractivity contribution in [3.63, 3.8) is 0 Å². The van der Waals surface area contributed by atoms with Crippen LogP contribution in [0.5, 0.6) is 0 Å². The molecule has 0 unspecified atom stereocenters. The molecule has 25 heavy (non-hydrogen) atoms. The van der Waals surface area contributed by atoms with Gasteiger partial charge >= 0.3 is 11.7 Å². The van der Waals surface area contributed by atoms with Gasteiger partial charge in [-0.05, 0) is 35.9 Å². The van der Waals surface area contributed by atoms with Crippen molar-refractivity contribution in [2.75, 3.05) is 13.7 Å². The van der Waals surface area contributed by atoms with Crippen molar-refractivity contribution < 1.29 is 19.0 Å². The van der Waals surface area contributed by atoms with Crippen LogP contribution in [0.4, 0.5) is 4.39 Å². The van der Waals surface area contributed by atoms with Crippen LogP contribution >= 0.6 is 0 Å². The maximum absolute atomic E-state index is 13.1. The number of aromatic nitrogens is 2. The van der Waals surface area contributed by atoms with Crippen molar-refractivity contribution in [2.24, 2.45) is 0 Å². The maximum atomic E-state index is 13.1. The van der Waals surface area contributed by atoms with E-state index < -0.39 is 5.97 Å². The van der Waals surface area contributed by atoms with E-state index in [2.05, 4.69) is 0 Å². The van der Waals surface area contributed by atoms with Crippen LogP contribution in [0, 0.1) is 5.82 Å². The van der Waals surface area contributed by atoms with Gasteiger partial charge in [0.05, 0.1) is 36.3 Å². The minimum absolute atomic E-state index is 0.109. The average molecular weight is 344 g/mol. The van der Waals surface area contributed by atoms with Gasteiger partial charge in [-0.3, -0.25) is 9.13 Å². The zero-order valence-corrected chi connectivity index (χ0v) is 13.6. The number of carbonyl (C=O) groups is 1. The second-order valence-electron chi connectivity index (χ2n) is 5.65. The van der Waals surface area contributed by atoms with Crippen LogP contribution in [0.15, 0.2) is 47.3 Å². The van der Waals surface area contributed by atoms with E-state index in [1.54, 1.807) is 22.8 Å². The van der Waals surface area contributed by atoms with E-state index in [1.807, 2.05) is 0 Å². The number of aromatic carboxylic acids is 1. The van der Waals surface area contributed by atoms with Gasteiger partial charge in [0.15, 0.2) is 0 Å². The highest BCUT2D eigenvalue weighted by atomic mass is 19.1. The van der Waals surface area contributed by atoms with Gasteiger partial charge in [0, 0.05) is 7.11 Å². The minimum atomic E-state index is -1.06. The quantitative estimate of drug-likeness (QED) is 0.745. The lowest BCUT2D eigenvalue weighted by Crippen LogP contribution is -2.26. The molecule has 2 aromatic carbocycles. The average Bonchev–Trinajstić information content (AvgIpc) is 2.86. The van der Waals surface area contributed by atoms with Crippen molar-refractivity contribution >= 4 is 17.0 Å². The molecule has 130 valence electrons. The van der Waals surface area contributed by atoms with Gasteiger partial charge in [-0.15, -0.1) is 0 Å². The second-order valence-corrected chi connectivity index (χ2v) is 5.65. The summed E-state index contributed by atoms with van der Waals surface area (Å²) in [6, 6.07) is 10.5. The van der Waals surface area contributed by atoms with E-state index in [1.165, 1.54) is 35.9 Å². The number of methoxy groups -OCH3 is 1. The number of carboxylic acids is 1. The van der Waals surface area contributed by atoms with E-state index in [0.29, 0.717) is 24.2 Å². The summed E-state index contributed by atoms with van der Waals surface area (Å²) in [6.45, 7) is 0.903. The van der Waals surface area contributed by atoms with Crippen LogP contribution in [-0.2, 0) is 17.8 Å². The van der Waals surface area contributed by atoms with Gasteiger partial charge in [0.2, 0.25) is 0 Å². The van der Waals surface area contributed by atoms with E-state index >= 15 is 0 Å². The zero-order valence-electron chi connectivity index (χ0n) is 13.6. The lowest BCUT2D eigenvalue weighted by Gasteiger charge is -2.04. The van der Waals surface area contributed by atoms with Gasteiger partial charge in [0.25, 0.3) is 0 Å². The SMILES string of the molecule is COCCn1c(=O)n(Cc2ccc(F)cc2)c2ccc(C(=O)O)cc21. The molecule has 0 atom stereocenters. The van der Waals surface area contributed by atoms with Crippen molar-refractivity contribution in [2.45, 2.75) is 13.1 Å². The molecule has 3 rings (SSSR count). The molecule has 0 fully saturated rings. The predicted octanol–water partition coefficient (Wildman–Crippen LogP) is 2.33. The first-order valence-corrected chi connectivity index (χ1v) is 7.71. The van der Waals surface area contributed by atoms with Crippen LogP contribution in [0.2, 0.25) is 0 Å². The fourth-order valence-corrected chi connectivity index (χ4v) is 2.78. The topological polar surface area (TPSA) is 73.5 Å². The molecule has 0 bridgehead atoms. The van der Waals surface area contributed by atoms with Gasteiger partial charge in [0.1, 0.15) is 5.82 Å². The largest absolute Gasteiger partial charge is 0.478 e. The highest BCUT2D eigenvalue weighted by molar-refractivity contribution is 5.92. The van der Waals surface area contributed by atoms with Crippen molar-refractivity contribution in [3.8, 4) is 0 Å². The number of hydrogen-bond acceptors (Lipinski definition) is 3. The molecule has 0 spiro atoms. The fourth-order valence-electron chi connectivity index (χ4n) is 2.78. The number of ether oxygens (including phenoxy) is 1.